The van der Waals surface area contributed by atoms with Gasteiger partial charge in [0.05, 0.1) is 14.2 Å². The first kappa shape index (κ1) is 20.0. The zero-order chi connectivity index (χ0) is 20.4. The van der Waals surface area contributed by atoms with Gasteiger partial charge < -0.3 is 18.9 Å². The van der Waals surface area contributed by atoms with Crippen LogP contribution < -0.4 is 14.4 Å². The lowest BCUT2D eigenvalue weighted by atomic mass is 9.79. The predicted octanol–water partition coefficient (Wildman–Crippen LogP) is 3.70. The van der Waals surface area contributed by atoms with Gasteiger partial charge in [-0.15, -0.1) is 0 Å². The fourth-order valence-corrected chi connectivity index (χ4v) is 4.79. The van der Waals surface area contributed by atoms with Gasteiger partial charge in [0, 0.05) is 43.1 Å². The summed E-state index contributed by atoms with van der Waals surface area (Å²) in [5.74, 6) is 3.36. The first-order valence-electron chi connectivity index (χ1n) is 10.5. The molecule has 0 bridgehead atoms. The van der Waals surface area contributed by atoms with Gasteiger partial charge in [0.2, 0.25) is 5.89 Å². The first-order chi connectivity index (χ1) is 14.0. The molecule has 158 valence electrons. The van der Waals surface area contributed by atoms with Crippen molar-refractivity contribution >= 4 is 5.95 Å². The highest BCUT2D eigenvalue weighted by molar-refractivity contribution is 5.46. The van der Waals surface area contributed by atoms with Crippen LogP contribution in [0.3, 0.4) is 0 Å². The van der Waals surface area contributed by atoms with Gasteiger partial charge in [-0.25, -0.2) is 0 Å². The molecule has 2 aromatic rings. The average Bonchev–Trinajstić information content (AvgIpc) is 3.36. The number of para-hydroxylation sites is 1. The van der Waals surface area contributed by atoms with Crippen molar-refractivity contribution in [2.24, 2.45) is 5.41 Å². The van der Waals surface area contributed by atoms with Gasteiger partial charge in [0.25, 0.3) is 5.95 Å². The summed E-state index contributed by atoms with van der Waals surface area (Å²) in [5.41, 5.74) is 1.47. The maximum absolute atomic E-state index is 5.64. The Morgan fingerprint density at radius 1 is 1.14 bits per heavy atom. The third kappa shape index (κ3) is 4.06. The zero-order valence-electron chi connectivity index (χ0n) is 18.0. The van der Waals surface area contributed by atoms with Crippen LogP contribution in [0.5, 0.6) is 11.5 Å². The number of rotatable bonds is 6. The molecular formula is C22H32N4O3. The zero-order valence-corrected chi connectivity index (χ0v) is 18.0. The van der Waals surface area contributed by atoms with E-state index in [2.05, 4.69) is 39.9 Å². The van der Waals surface area contributed by atoms with Crippen molar-refractivity contribution < 1.29 is 14.0 Å². The summed E-state index contributed by atoms with van der Waals surface area (Å²) in [5, 5.41) is 4.22. The third-order valence-electron chi connectivity index (χ3n) is 6.26. The number of hydrogen-bond donors (Lipinski definition) is 0. The van der Waals surface area contributed by atoms with Crippen molar-refractivity contribution in [3.05, 3.63) is 29.7 Å². The lowest BCUT2D eigenvalue weighted by molar-refractivity contribution is 0.0982. The Hall–Kier alpha value is -2.28. The first-order valence-corrected chi connectivity index (χ1v) is 10.5. The van der Waals surface area contributed by atoms with E-state index in [9.17, 15) is 0 Å². The maximum Gasteiger partial charge on any atom is 0.266 e. The normalized spacial score (nSPS) is 22.6. The molecule has 1 spiro atoms. The summed E-state index contributed by atoms with van der Waals surface area (Å²) in [6, 6.07) is 6.12. The second-order valence-corrected chi connectivity index (χ2v) is 8.73. The number of nitrogens with zero attached hydrogens (tertiary/aromatic N) is 4. The molecule has 1 atom stereocenters. The number of benzene rings is 1. The largest absolute Gasteiger partial charge is 0.493 e. The van der Waals surface area contributed by atoms with Gasteiger partial charge in [-0.2, -0.15) is 4.98 Å². The molecule has 0 saturated carbocycles. The molecule has 7 heteroatoms. The van der Waals surface area contributed by atoms with Gasteiger partial charge in [-0.3, -0.25) is 4.90 Å². The van der Waals surface area contributed by atoms with E-state index in [1.807, 2.05) is 12.1 Å². The molecule has 7 nitrogen and oxygen atoms in total. The Bertz CT molecular complexity index is 837. The van der Waals surface area contributed by atoms with Crippen molar-refractivity contribution in [2.75, 3.05) is 45.3 Å². The lowest BCUT2D eigenvalue weighted by Crippen LogP contribution is -2.44. The predicted molar refractivity (Wildman–Crippen MR) is 112 cm³/mol. The Labute approximate surface area is 173 Å². The third-order valence-corrected chi connectivity index (χ3v) is 6.26. The SMILES string of the molecule is COc1cccc(CN2CCC[C@]3(CCN(c4noc(C(C)C)n4)C3)C2)c1OC. The van der Waals surface area contributed by atoms with Crippen molar-refractivity contribution in [2.45, 2.75) is 45.6 Å². The Balaban J connectivity index is 1.45. The second kappa shape index (κ2) is 8.22. The number of ether oxygens (including phenoxy) is 2. The summed E-state index contributed by atoms with van der Waals surface area (Å²) in [6.07, 6.45) is 3.64. The van der Waals surface area contributed by atoms with Crippen LogP contribution in [-0.4, -0.2) is 55.4 Å². The molecule has 29 heavy (non-hydrogen) atoms. The molecule has 4 rings (SSSR count). The van der Waals surface area contributed by atoms with E-state index in [0.29, 0.717) is 5.41 Å². The van der Waals surface area contributed by atoms with Crippen LogP contribution in [0.25, 0.3) is 0 Å². The van der Waals surface area contributed by atoms with Gasteiger partial charge in [-0.1, -0.05) is 26.0 Å². The molecule has 1 aromatic carbocycles. The number of aromatic nitrogens is 2. The lowest BCUT2D eigenvalue weighted by Gasteiger charge is -2.40. The van der Waals surface area contributed by atoms with E-state index < -0.39 is 0 Å². The summed E-state index contributed by atoms with van der Waals surface area (Å²) >= 11 is 0. The highest BCUT2D eigenvalue weighted by atomic mass is 16.5. The van der Waals surface area contributed by atoms with Crippen molar-refractivity contribution in [3.8, 4) is 11.5 Å². The van der Waals surface area contributed by atoms with Crippen LogP contribution in [0.2, 0.25) is 0 Å². The van der Waals surface area contributed by atoms with Gasteiger partial charge >= 0.3 is 0 Å². The van der Waals surface area contributed by atoms with Gasteiger partial charge in [-0.05, 0) is 37.0 Å². The molecule has 0 unspecified atom stereocenters. The fraction of sp³-hybridized carbons (Fsp3) is 0.636. The number of anilines is 1. The smallest absolute Gasteiger partial charge is 0.266 e. The fourth-order valence-electron chi connectivity index (χ4n) is 4.79. The quantitative estimate of drug-likeness (QED) is 0.732. The minimum absolute atomic E-state index is 0.260. The Morgan fingerprint density at radius 2 is 2.00 bits per heavy atom. The number of hydrogen-bond acceptors (Lipinski definition) is 7. The van der Waals surface area contributed by atoms with E-state index >= 15 is 0 Å². The van der Waals surface area contributed by atoms with Crippen LogP contribution in [0.1, 0.15) is 50.5 Å². The van der Waals surface area contributed by atoms with Crippen molar-refractivity contribution in [3.63, 3.8) is 0 Å². The Morgan fingerprint density at radius 3 is 2.72 bits per heavy atom. The molecular weight excluding hydrogens is 368 g/mol. The Kier molecular flexibility index (Phi) is 5.67. The topological polar surface area (TPSA) is 63.9 Å². The molecule has 3 heterocycles. The van der Waals surface area contributed by atoms with Crippen molar-refractivity contribution in [1.29, 1.82) is 0 Å². The number of likely N-dealkylation sites (tertiary alicyclic amines) is 1. The number of methoxy groups -OCH3 is 2. The standard InChI is InChI=1S/C22H32N4O3/c1-16(2)20-23-21(24-29-20)26-12-10-22(15-26)9-6-11-25(14-22)13-17-7-5-8-18(27-3)19(17)28-4/h5,7-8,16H,6,9-15H2,1-4H3/t22-/m0/s1. The van der Waals surface area contributed by atoms with Crippen LogP contribution in [0.15, 0.2) is 22.7 Å². The van der Waals surface area contributed by atoms with E-state index in [-0.39, 0.29) is 5.92 Å². The minimum atomic E-state index is 0.260. The highest BCUT2D eigenvalue weighted by Gasteiger charge is 2.42. The summed E-state index contributed by atoms with van der Waals surface area (Å²) in [6.45, 7) is 9.22. The second-order valence-electron chi connectivity index (χ2n) is 8.73. The van der Waals surface area contributed by atoms with Crippen molar-refractivity contribution in [1.82, 2.24) is 15.0 Å². The molecule has 2 fully saturated rings. The van der Waals surface area contributed by atoms with E-state index in [1.165, 1.54) is 24.8 Å². The van der Waals surface area contributed by atoms with E-state index in [1.54, 1.807) is 14.2 Å². The average molecular weight is 401 g/mol. The maximum atomic E-state index is 5.64. The summed E-state index contributed by atoms with van der Waals surface area (Å²) in [7, 11) is 3.40. The summed E-state index contributed by atoms with van der Waals surface area (Å²) in [4.78, 5) is 9.45. The molecule has 2 saturated heterocycles. The number of piperidine rings is 1. The van der Waals surface area contributed by atoms with Crippen LogP contribution in [0, 0.1) is 5.41 Å². The molecule has 1 aromatic heterocycles. The molecule has 2 aliphatic heterocycles. The molecule has 0 radical (unpaired) electrons. The van der Waals surface area contributed by atoms with Gasteiger partial charge in [0.15, 0.2) is 11.5 Å². The highest BCUT2D eigenvalue weighted by Crippen LogP contribution is 2.41. The molecule has 0 aliphatic carbocycles. The minimum Gasteiger partial charge on any atom is -0.493 e. The van der Waals surface area contributed by atoms with Crippen LogP contribution >= 0.6 is 0 Å². The monoisotopic (exact) mass is 400 g/mol. The van der Waals surface area contributed by atoms with Gasteiger partial charge in [0.1, 0.15) is 0 Å². The van der Waals surface area contributed by atoms with E-state index in [0.717, 1.165) is 56.1 Å². The molecule has 0 N–H and O–H groups in total. The summed E-state index contributed by atoms with van der Waals surface area (Å²) < 4.78 is 16.5. The molecule has 2 aliphatic rings. The van der Waals surface area contributed by atoms with Crippen LogP contribution in [0.4, 0.5) is 5.95 Å². The van der Waals surface area contributed by atoms with Crippen LogP contribution in [-0.2, 0) is 6.54 Å². The molecule has 0 amide bonds. The van der Waals surface area contributed by atoms with E-state index in [4.69, 9.17) is 14.0 Å².